The highest BCUT2D eigenvalue weighted by Crippen LogP contribution is 2.47. The fourth-order valence-electron chi connectivity index (χ4n) is 6.84. The molecule has 0 aromatic heterocycles. The number of hydrogen-bond acceptors (Lipinski definition) is 9. The summed E-state index contributed by atoms with van der Waals surface area (Å²) in [7, 11) is -1.98. The molecule has 0 radical (unpaired) electrons. The number of nitrogen functional groups attached to an aromatic ring is 3. The van der Waals surface area contributed by atoms with Crippen LogP contribution in [0.15, 0.2) is 109 Å². The van der Waals surface area contributed by atoms with Crippen molar-refractivity contribution in [2.75, 3.05) is 17.2 Å². The zero-order valence-electron chi connectivity index (χ0n) is 29.0. The summed E-state index contributed by atoms with van der Waals surface area (Å²) in [5.41, 5.74) is 30.5. The Morgan fingerprint density at radius 2 is 0.923 bits per heavy atom. The van der Waals surface area contributed by atoms with Crippen LogP contribution in [-0.2, 0) is 15.7 Å². The van der Waals surface area contributed by atoms with Crippen molar-refractivity contribution in [2.45, 2.75) is 27.2 Å². The van der Waals surface area contributed by atoms with Gasteiger partial charge in [0.15, 0.2) is 0 Å². The van der Waals surface area contributed by atoms with Crippen LogP contribution in [0.2, 0.25) is 0 Å². The summed E-state index contributed by atoms with van der Waals surface area (Å²) in [6, 6.07) is 25.5. The molecule has 3 heterocycles. The summed E-state index contributed by atoms with van der Waals surface area (Å²) in [5.74, 6) is 3.60. The van der Waals surface area contributed by atoms with E-state index in [0.717, 1.165) is 55.3 Å². The van der Waals surface area contributed by atoms with Gasteiger partial charge in [-0.1, -0.05) is 43.0 Å². The van der Waals surface area contributed by atoms with E-state index in [0.29, 0.717) is 63.6 Å². The first-order valence-electron chi connectivity index (χ1n) is 17.1. The lowest BCUT2D eigenvalue weighted by Gasteiger charge is -2.18. The minimum atomic E-state index is -0.674. The van der Waals surface area contributed by atoms with Crippen molar-refractivity contribution in [1.82, 2.24) is 0 Å². The molecule has 1 saturated heterocycles. The highest BCUT2D eigenvalue weighted by molar-refractivity contribution is 6.64. The molecular weight excluding hydrogens is 651 g/mol. The van der Waals surface area contributed by atoms with Gasteiger partial charge < -0.3 is 45.1 Å². The number of hydrogen-bond donors (Lipinski definition) is 3. The summed E-state index contributed by atoms with van der Waals surface area (Å²) >= 11 is 0. The minimum absolute atomic E-state index is 0.499. The van der Waals surface area contributed by atoms with Crippen LogP contribution in [0.1, 0.15) is 27.8 Å². The summed E-state index contributed by atoms with van der Waals surface area (Å²) in [4.78, 5) is 0. The Kier molecular flexibility index (Phi) is 7.25. The third kappa shape index (κ3) is 5.38. The second-order valence-corrected chi connectivity index (χ2v) is 13.7. The van der Waals surface area contributed by atoms with Crippen LogP contribution in [0.25, 0.3) is 16.7 Å². The van der Waals surface area contributed by atoms with Crippen LogP contribution in [0.3, 0.4) is 0 Å². The van der Waals surface area contributed by atoms with E-state index in [1.807, 2.05) is 112 Å². The third-order valence-corrected chi connectivity index (χ3v) is 10.1. The molecule has 1 fully saturated rings. The van der Waals surface area contributed by atoms with Crippen LogP contribution in [0.5, 0.6) is 23.0 Å². The van der Waals surface area contributed by atoms with Gasteiger partial charge in [0.05, 0.1) is 0 Å². The van der Waals surface area contributed by atoms with Crippen LogP contribution in [-0.4, -0.2) is 21.4 Å². The van der Waals surface area contributed by atoms with Crippen LogP contribution < -0.4 is 52.2 Å². The maximum Gasteiger partial charge on any atom is 0.632 e. The molecule has 0 spiro atoms. The van der Waals surface area contributed by atoms with Gasteiger partial charge in [0.1, 0.15) is 34.5 Å². The van der Waals surface area contributed by atoms with Gasteiger partial charge in [-0.2, -0.15) is 0 Å². The molecule has 5 aromatic carbocycles. The van der Waals surface area contributed by atoms with Crippen molar-refractivity contribution in [3.8, 4) is 34.1 Å². The molecular formula is C40H34B3N3O6. The number of nitrogens with two attached hydrogens (primary N) is 3. The van der Waals surface area contributed by atoms with E-state index in [4.69, 9.17) is 45.1 Å². The number of fused-ring (bicyclic) bond motifs is 6. The molecule has 52 heavy (non-hydrogen) atoms. The molecule has 9 nitrogen and oxygen atoms in total. The predicted octanol–water partition coefficient (Wildman–Crippen LogP) is 5.14. The van der Waals surface area contributed by atoms with E-state index in [1.165, 1.54) is 0 Å². The second kappa shape index (κ2) is 11.9. The SMILES string of the molecule is C=C1/C=C2/OB(c3ccc(C)c(N)c3)O/C2=C/Cc2cc3c(cc2-c2cc4c(cc21)OB(c1ccc(C)c(N)c1)O4)OB(c1ccc(C)c(N)c1)O3. The number of anilines is 3. The zero-order valence-corrected chi connectivity index (χ0v) is 29.0. The maximum absolute atomic E-state index is 6.43. The zero-order chi connectivity index (χ0) is 35.8. The fraction of sp³-hybridized carbons (Fsp3) is 0.100. The summed E-state index contributed by atoms with van der Waals surface area (Å²) in [6.45, 7) is 10.4. The molecule has 254 valence electrons. The molecule has 5 aromatic rings. The molecule has 0 atom stereocenters. The van der Waals surface area contributed by atoms with Crippen molar-refractivity contribution in [3.63, 3.8) is 0 Å². The smallest absolute Gasteiger partial charge is 0.519 e. The number of rotatable bonds is 3. The Hall–Kier alpha value is -6.29. The molecule has 6 N–H and O–H groups in total. The average Bonchev–Trinajstić information content (AvgIpc) is 3.86. The first-order chi connectivity index (χ1) is 25.1. The highest BCUT2D eigenvalue weighted by Gasteiger charge is 2.40. The van der Waals surface area contributed by atoms with E-state index in [2.05, 4.69) is 6.58 Å². The van der Waals surface area contributed by atoms with Crippen molar-refractivity contribution < 1.29 is 27.9 Å². The molecule has 1 aliphatic carbocycles. The van der Waals surface area contributed by atoms with Gasteiger partial charge in [0.2, 0.25) is 0 Å². The standard InChI is InChI=1S/C40H34B3N3O6/c1-21-5-9-26(15-32(21)44)41-47-35-12-8-25-14-37-39(51-42(49-37)27-10-6-22(2)33(45)16-27)19-30(25)31-20-40-38(18-29(31)24(4)13-36(35)48-41)50-43(52-40)28-11-7-23(3)34(46)17-28/h5-7,9-20H,4,8,44-46H2,1-3H3/b35-12+,36-13+. The molecule has 9 rings (SSSR count). The average molecular weight is 685 g/mol. The molecule has 3 aliphatic heterocycles. The number of allylic oxidation sites excluding steroid dienone is 3. The van der Waals surface area contributed by atoms with E-state index in [-0.39, 0.29) is 0 Å². The minimum Gasteiger partial charge on any atom is -0.519 e. The topological polar surface area (TPSA) is 133 Å². The largest absolute Gasteiger partial charge is 0.632 e. The number of aryl methyl sites for hydroxylation is 3. The van der Waals surface area contributed by atoms with Gasteiger partial charge in [0.25, 0.3) is 0 Å². The van der Waals surface area contributed by atoms with Gasteiger partial charge in [0, 0.05) is 33.5 Å². The monoisotopic (exact) mass is 685 g/mol. The first-order valence-corrected chi connectivity index (χ1v) is 17.1. The van der Waals surface area contributed by atoms with E-state index < -0.39 is 21.4 Å². The second-order valence-electron chi connectivity index (χ2n) is 13.7. The van der Waals surface area contributed by atoms with Crippen LogP contribution in [0.4, 0.5) is 17.1 Å². The quantitative estimate of drug-likeness (QED) is 0.175. The van der Waals surface area contributed by atoms with Gasteiger partial charge in [-0.15, -0.1) is 0 Å². The number of benzene rings is 5. The van der Waals surface area contributed by atoms with Crippen molar-refractivity contribution >= 4 is 60.4 Å². The Morgan fingerprint density at radius 3 is 1.42 bits per heavy atom. The molecule has 4 aliphatic rings. The predicted molar refractivity (Wildman–Crippen MR) is 208 cm³/mol. The normalized spacial score (nSPS) is 17.3. The molecule has 0 bridgehead atoms. The lowest BCUT2D eigenvalue weighted by Crippen LogP contribution is -2.39. The van der Waals surface area contributed by atoms with E-state index >= 15 is 0 Å². The Morgan fingerprint density at radius 1 is 0.500 bits per heavy atom. The van der Waals surface area contributed by atoms with Crippen molar-refractivity contribution in [1.29, 1.82) is 0 Å². The third-order valence-electron chi connectivity index (χ3n) is 10.1. The Balaban J connectivity index is 1.15. The van der Waals surface area contributed by atoms with Crippen molar-refractivity contribution in [3.05, 3.63) is 137 Å². The first kappa shape index (κ1) is 31.7. The summed E-state index contributed by atoms with van der Waals surface area (Å²) in [6.07, 6.45) is 4.42. The van der Waals surface area contributed by atoms with Crippen LogP contribution in [0, 0.1) is 20.8 Å². The Labute approximate surface area is 303 Å². The van der Waals surface area contributed by atoms with E-state index in [1.54, 1.807) is 0 Å². The Bertz CT molecular complexity index is 2430. The fourth-order valence-corrected chi connectivity index (χ4v) is 6.84. The van der Waals surface area contributed by atoms with E-state index in [9.17, 15) is 0 Å². The molecule has 0 unspecified atom stereocenters. The lowest BCUT2D eigenvalue weighted by molar-refractivity contribution is 0.429. The summed E-state index contributed by atoms with van der Waals surface area (Å²) in [5, 5.41) is 0. The van der Waals surface area contributed by atoms with Gasteiger partial charge in [-0.3, -0.25) is 0 Å². The van der Waals surface area contributed by atoms with Crippen LogP contribution >= 0.6 is 0 Å². The molecule has 0 amide bonds. The highest BCUT2D eigenvalue weighted by atomic mass is 16.6. The van der Waals surface area contributed by atoms with Crippen molar-refractivity contribution in [2.24, 2.45) is 0 Å². The summed E-state index contributed by atoms with van der Waals surface area (Å²) < 4.78 is 38.4. The molecule has 0 saturated carbocycles. The maximum atomic E-state index is 6.43. The van der Waals surface area contributed by atoms with Gasteiger partial charge in [-0.25, -0.2) is 0 Å². The molecule has 12 heteroatoms. The lowest BCUT2D eigenvalue weighted by atomic mass is 9.78. The van der Waals surface area contributed by atoms with Gasteiger partial charge in [-0.05, 0) is 126 Å². The van der Waals surface area contributed by atoms with Gasteiger partial charge >= 0.3 is 21.4 Å².